The molecule has 0 nitrogen and oxygen atoms in total. The van der Waals surface area contributed by atoms with Gasteiger partial charge in [-0.1, -0.05) is 32.5 Å². The fourth-order valence-electron chi connectivity index (χ4n) is 1.18. The molecule has 1 rings (SSSR count). The molecule has 0 atom stereocenters. The SMILES string of the molecule is CCc1cc(C#C[Si](C)(C)C)ccc1I. The predicted molar refractivity (Wildman–Crippen MR) is 78.8 cm³/mol. The summed E-state index contributed by atoms with van der Waals surface area (Å²) in [7, 11) is -1.24. The van der Waals surface area contributed by atoms with Crippen LogP contribution in [-0.4, -0.2) is 8.07 Å². The van der Waals surface area contributed by atoms with Crippen molar-refractivity contribution in [3.05, 3.63) is 32.9 Å². The molecule has 0 aliphatic carbocycles. The Morgan fingerprint density at radius 1 is 1.27 bits per heavy atom. The van der Waals surface area contributed by atoms with Gasteiger partial charge >= 0.3 is 0 Å². The second kappa shape index (κ2) is 5.18. The van der Waals surface area contributed by atoms with E-state index >= 15 is 0 Å². The van der Waals surface area contributed by atoms with E-state index in [1.165, 1.54) is 9.13 Å². The van der Waals surface area contributed by atoms with Gasteiger partial charge in [0.1, 0.15) is 8.07 Å². The lowest BCUT2D eigenvalue weighted by molar-refractivity contribution is 1.12. The van der Waals surface area contributed by atoms with Crippen LogP contribution in [0.15, 0.2) is 18.2 Å². The second-order valence-electron chi connectivity index (χ2n) is 4.66. The third-order valence-corrected chi connectivity index (χ3v) is 3.94. The maximum Gasteiger partial charge on any atom is 0.129 e. The molecule has 80 valence electrons. The number of hydrogen-bond acceptors (Lipinski definition) is 0. The molecule has 0 bridgehead atoms. The van der Waals surface area contributed by atoms with Gasteiger partial charge in [0, 0.05) is 9.13 Å². The Hall–Kier alpha value is -0.273. The van der Waals surface area contributed by atoms with Crippen molar-refractivity contribution in [2.24, 2.45) is 0 Å². The smallest absolute Gasteiger partial charge is 0.127 e. The van der Waals surface area contributed by atoms with Gasteiger partial charge in [0.2, 0.25) is 0 Å². The minimum absolute atomic E-state index is 1.08. The van der Waals surface area contributed by atoms with E-state index in [0.29, 0.717) is 0 Å². The molecule has 0 radical (unpaired) electrons. The fraction of sp³-hybridized carbons (Fsp3) is 0.385. The first-order valence-electron chi connectivity index (χ1n) is 5.24. The van der Waals surface area contributed by atoms with E-state index in [2.05, 4.69) is 78.8 Å². The van der Waals surface area contributed by atoms with E-state index < -0.39 is 8.07 Å². The zero-order valence-corrected chi connectivity index (χ0v) is 13.0. The number of benzene rings is 1. The maximum absolute atomic E-state index is 3.40. The molecule has 0 unspecified atom stereocenters. The van der Waals surface area contributed by atoms with Crippen LogP contribution in [0.1, 0.15) is 18.1 Å². The Morgan fingerprint density at radius 3 is 2.47 bits per heavy atom. The van der Waals surface area contributed by atoms with Crippen LogP contribution in [0.4, 0.5) is 0 Å². The van der Waals surface area contributed by atoms with Gasteiger partial charge in [-0.2, -0.15) is 0 Å². The Labute approximate surface area is 108 Å². The normalized spacial score (nSPS) is 10.7. The van der Waals surface area contributed by atoms with E-state index in [4.69, 9.17) is 0 Å². The van der Waals surface area contributed by atoms with Gasteiger partial charge in [0.25, 0.3) is 0 Å². The highest BCUT2D eigenvalue weighted by Gasteiger charge is 2.07. The number of aryl methyl sites for hydroxylation is 1. The number of rotatable bonds is 1. The van der Waals surface area contributed by atoms with Crippen molar-refractivity contribution in [3.8, 4) is 11.5 Å². The van der Waals surface area contributed by atoms with Crippen LogP contribution in [0.25, 0.3) is 0 Å². The van der Waals surface area contributed by atoms with Crippen LogP contribution in [0.3, 0.4) is 0 Å². The van der Waals surface area contributed by atoms with Gasteiger partial charge in [-0.25, -0.2) is 0 Å². The Bertz CT molecular complexity index is 405. The van der Waals surface area contributed by atoms with Crippen LogP contribution >= 0.6 is 22.6 Å². The van der Waals surface area contributed by atoms with E-state index in [0.717, 1.165) is 12.0 Å². The van der Waals surface area contributed by atoms with Crippen LogP contribution in [0, 0.1) is 15.0 Å². The van der Waals surface area contributed by atoms with Gasteiger partial charge in [0.15, 0.2) is 0 Å². The zero-order valence-electron chi connectivity index (χ0n) is 9.82. The summed E-state index contributed by atoms with van der Waals surface area (Å²) < 4.78 is 1.34. The highest BCUT2D eigenvalue weighted by molar-refractivity contribution is 14.1. The third-order valence-electron chi connectivity index (χ3n) is 2.01. The van der Waals surface area contributed by atoms with E-state index in [9.17, 15) is 0 Å². The molecule has 1 aromatic carbocycles. The number of halogens is 1. The lowest BCUT2D eigenvalue weighted by atomic mass is 10.1. The summed E-state index contributed by atoms with van der Waals surface area (Å²) in [5.74, 6) is 3.29. The molecule has 0 aliphatic rings. The minimum Gasteiger partial charge on any atom is -0.127 e. The summed E-state index contributed by atoms with van der Waals surface area (Å²) in [5.41, 5.74) is 5.96. The summed E-state index contributed by atoms with van der Waals surface area (Å²) in [4.78, 5) is 0. The minimum atomic E-state index is -1.24. The van der Waals surface area contributed by atoms with Crippen LogP contribution < -0.4 is 0 Å². The van der Waals surface area contributed by atoms with E-state index in [1.54, 1.807) is 0 Å². The van der Waals surface area contributed by atoms with E-state index in [-0.39, 0.29) is 0 Å². The Balaban J connectivity index is 3.01. The molecule has 0 aromatic heterocycles. The predicted octanol–water partition coefficient (Wildman–Crippen LogP) is 4.08. The summed E-state index contributed by atoms with van der Waals surface area (Å²) >= 11 is 2.38. The highest BCUT2D eigenvalue weighted by Crippen LogP contribution is 2.14. The van der Waals surface area contributed by atoms with Crippen molar-refractivity contribution in [2.45, 2.75) is 33.0 Å². The Kier molecular flexibility index (Phi) is 4.41. The maximum atomic E-state index is 3.40. The van der Waals surface area contributed by atoms with Gasteiger partial charge in [-0.3, -0.25) is 0 Å². The molecule has 0 saturated carbocycles. The fourth-order valence-corrected chi connectivity index (χ4v) is 2.42. The van der Waals surface area contributed by atoms with Gasteiger partial charge in [-0.15, -0.1) is 5.54 Å². The molecule has 0 heterocycles. The monoisotopic (exact) mass is 328 g/mol. The lowest BCUT2D eigenvalue weighted by Gasteiger charge is -2.04. The molecule has 0 N–H and O–H groups in total. The first kappa shape index (κ1) is 12.8. The van der Waals surface area contributed by atoms with E-state index in [1.807, 2.05) is 0 Å². The first-order valence-corrected chi connectivity index (χ1v) is 9.82. The molecule has 1 aromatic rings. The van der Waals surface area contributed by atoms with Crippen LogP contribution in [0.2, 0.25) is 19.6 Å². The first-order chi connectivity index (χ1) is 6.92. The molecule has 15 heavy (non-hydrogen) atoms. The standard InChI is InChI=1S/C13H17ISi/c1-5-12-10-11(6-7-13(12)14)8-9-15(2,3)4/h6-7,10H,5H2,1-4H3. The van der Waals surface area contributed by atoms with Crippen LogP contribution in [-0.2, 0) is 6.42 Å². The van der Waals surface area contributed by atoms with Crippen molar-refractivity contribution in [1.82, 2.24) is 0 Å². The van der Waals surface area contributed by atoms with Gasteiger partial charge in [-0.05, 0) is 52.8 Å². The molecule has 0 saturated heterocycles. The van der Waals surface area contributed by atoms with Crippen molar-refractivity contribution in [2.75, 3.05) is 0 Å². The quantitative estimate of drug-likeness (QED) is 0.414. The summed E-state index contributed by atoms with van der Waals surface area (Å²) in [6, 6.07) is 6.50. The van der Waals surface area contributed by atoms with Crippen molar-refractivity contribution in [1.29, 1.82) is 0 Å². The molecule has 0 spiro atoms. The summed E-state index contributed by atoms with van der Waals surface area (Å²) in [5, 5.41) is 0. The molecule has 2 heteroatoms. The molecular formula is C13H17ISi. The van der Waals surface area contributed by atoms with Crippen molar-refractivity contribution in [3.63, 3.8) is 0 Å². The molecular weight excluding hydrogens is 311 g/mol. The van der Waals surface area contributed by atoms with Crippen molar-refractivity contribution >= 4 is 30.7 Å². The largest absolute Gasteiger partial charge is 0.129 e. The van der Waals surface area contributed by atoms with Gasteiger partial charge < -0.3 is 0 Å². The lowest BCUT2D eigenvalue weighted by Crippen LogP contribution is -2.16. The average molecular weight is 328 g/mol. The summed E-state index contributed by atoms with van der Waals surface area (Å²) in [6.45, 7) is 9.00. The molecule has 0 fully saturated rings. The van der Waals surface area contributed by atoms with Gasteiger partial charge in [0.05, 0.1) is 0 Å². The molecule has 0 amide bonds. The summed E-state index contributed by atoms with van der Waals surface area (Å²) in [6.07, 6.45) is 1.08. The topological polar surface area (TPSA) is 0 Å². The molecule has 0 aliphatic heterocycles. The average Bonchev–Trinajstić information content (AvgIpc) is 2.15. The zero-order chi connectivity index (χ0) is 11.5. The third kappa shape index (κ3) is 4.39. The highest BCUT2D eigenvalue weighted by atomic mass is 127. The van der Waals surface area contributed by atoms with Crippen molar-refractivity contribution < 1.29 is 0 Å². The second-order valence-corrected chi connectivity index (χ2v) is 10.6. The number of hydrogen-bond donors (Lipinski definition) is 0. The Morgan fingerprint density at radius 2 is 1.93 bits per heavy atom. The van der Waals surface area contributed by atoms with Crippen LogP contribution in [0.5, 0.6) is 0 Å².